The van der Waals surface area contributed by atoms with Gasteiger partial charge in [-0.15, -0.1) is 0 Å². The van der Waals surface area contributed by atoms with E-state index in [-0.39, 0.29) is 0 Å². The zero-order valence-electron chi connectivity index (χ0n) is 12.3. The van der Waals surface area contributed by atoms with Crippen molar-refractivity contribution < 1.29 is 13.4 Å². The first-order valence-electron chi connectivity index (χ1n) is 6.96. The van der Waals surface area contributed by atoms with Crippen molar-refractivity contribution in [1.29, 1.82) is 0 Å². The molecule has 22 heavy (non-hydrogen) atoms. The van der Waals surface area contributed by atoms with Gasteiger partial charge in [0.2, 0.25) is 6.20 Å². The zero-order chi connectivity index (χ0) is 15.3. The highest BCUT2D eigenvalue weighted by atomic mass is 16.4. The first kappa shape index (κ1) is 12.7. The van der Waals surface area contributed by atoms with Crippen LogP contribution in [0.25, 0.3) is 38.2 Å². The normalized spacial score (nSPS) is 11.1. The van der Waals surface area contributed by atoms with Crippen LogP contribution in [0.5, 0.6) is 0 Å². The number of hydrogen-bond acceptors (Lipinski definition) is 2. The van der Waals surface area contributed by atoms with Gasteiger partial charge in [0.1, 0.15) is 18.2 Å². The van der Waals surface area contributed by atoms with Crippen LogP contribution in [-0.2, 0) is 7.05 Å². The van der Waals surface area contributed by atoms with Gasteiger partial charge < -0.3 is 8.83 Å². The van der Waals surface area contributed by atoms with Crippen LogP contribution in [0.2, 0.25) is 0 Å². The van der Waals surface area contributed by atoms with E-state index in [0.29, 0.717) is 5.69 Å². The lowest BCUT2D eigenvalue weighted by Crippen LogP contribution is -2.27. The van der Waals surface area contributed by atoms with Crippen LogP contribution < -0.4 is 4.57 Å². The monoisotopic (exact) mass is 289 g/mol. The number of oxazole rings is 1. The highest BCUT2D eigenvalue weighted by Gasteiger charge is 2.23. The number of benzene rings is 2. The third-order valence-electron chi connectivity index (χ3n) is 3.96. The van der Waals surface area contributed by atoms with Gasteiger partial charge >= 0.3 is 5.89 Å². The molecule has 106 valence electrons. The van der Waals surface area contributed by atoms with Gasteiger partial charge in [-0.1, -0.05) is 24.3 Å². The number of rotatable bonds is 1. The Bertz CT molecular complexity index is 1060. The fraction of sp³-hybridized carbons (Fsp3) is 0.111. The molecule has 0 radical (unpaired) electrons. The third kappa shape index (κ3) is 1.66. The van der Waals surface area contributed by atoms with Crippen molar-refractivity contribution in [1.82, 2.24) is 0 Å². The van der Waals surface area contributed by atoms with E-state index >= 15 is 0 Å². The second-order valence-corrected chi connectivity index (χ2v) is 5.35. The summed E-state index contributed by atoms with van der Waals surface area (Å²) in [5.41, 5.74) is 4.13. The van der Waals surface area contributed by atoms with Gasteiger partial charge in [0.15, 0.2) is 17.5 Å². The Morgan fingerprint density at radius 2 is 1.95 bits per heavy atom. The molecule has 4 aromatic rings. The Hall–Kier alpha value is -3.06. The Balaban J connectivity index is 2.15. The molecule has 4 nitrogen and oxygen atoms in total. The molecule has 0 bridgehead atoms. The zero-order valence-corrected chi connectivity index (χ0v) is 12.3. The maximum atomic E-state index is 7.14. The Morgan fingerprint density at radius 3 is 2.68 bits per heavy atom. The van der Waals surface area contributed by atoms with E-state index in [2.05, 4.69) is 17.0 Å². The van der Waals surface area contributed by atoms with Crippen molar-refractivity contribution in [3.05, 3.63) is 59.8 Å². The van der Waals surface area contributed by atoms with Gasteiger partial charge in [0, 0.05) is 10.8 Å². The lowest BCUT2D eigenvalue weighted by Gasteiger charge is -2.00. The van der Waals surface area contributed by atoms with Gasteiger partial charge in [0.25, 0.3) is 0 Å². The quantitative estimate of drug-likeness (QED) is 0.381. The average molecular weight is 289 g/mol. The molecule has 0 amide bonds. The van der Waals surface area contributed by atoms with Crippen molar-refractivity contribution in [3.8, 4) is 11.5 Å². The third-order valence-corrected chi connectivity index (χ3v) is 3.96. The lowest BCUT2D eigenvalue weighted by molar-refractivity contribution is -0.662. The molecule has 2 heterocycles. The summed E-state index contributed by atoms with van der Waals surface area (Å²) in [6, 6.07) is 9.66. The molecule has 0 unspecified atom stereocenters. The number of aryl methyl sites for hydroxylation is 2. The van der Waals surface area contributed by atoms with Crippen molar-refractivity contribution in [2.75, 3.05) is 0 Å². The summed E-state index contributed by atoms with van der Waals surface area (Å²) in [5.74, 6) is 0.757. The molecule has 2 aromatic heterocycles. The minimum Gasteiger partial charge on any atom is -0.456 e. The van der Waals surface area contributed by atoms with Gasteiger partial charge in [-0.2, -0.15) is 4.57 Å². The number of aromatic nitrogens is 1. The minimum absolute atomic E-state index is 0.577. The molecule has 2 aromatic carbocycles. The van der Waals surface area contributed by atoms with Crippen LogP contribution in [0.4, 0.5) is 5.69 Å². The van der Waals surface area contributed by atoms with Gasteiger partial charge in [-0.05, 0) is 18.6 Å². The Kier molecular flexibility index (Phi) is 2.57. The summed E-state index contributed by atoms with van der Waals surface area (Å²) < 4.78 is 13.6. The van der Waals surface area contributed by atoms with E-state index in [0.717, 1.165) is 39.0 Å². The summed E-state index contributed by atoms with van der Waals surface area (Å²) in [6.07, 6.45) is 3.53. The average Bonchev–Trinajstić information content (AvgIpc) is 3.10. The van der Waals surface area contributed by atoms with E-state index in [9.17, 15) is 0 Å². The lowest BCUT2D eigenvalue weighted by atomic mass is 10.0. The summed E-state index contributed by atoms with van der Waals surface area (Å²) in [4.78, 5) is 3.46. The van der Waals surface area contributed by atoms with Crippen molar-refractivity contribution in [3.63, 3.8) is 0 Å². The molecule has 4 rings (SSSR count). The molecule has 0 saturated carbocycles. The molecule has 0 aliphatic rings. The largest absolute Gasteiger partial charge is 0.456 e. The van der Waals surface area contributed by atoms with Gasteiger partial charge in [-0.3, -0.25) is 0 Å². The van der Waals surface area contributed by atoms with Crippen LogP contribution in [-0.4, -0.2) is 0 Å². The molecular weight excluding hydrogens is 276 g/mol. The predicted molar refractivity (Wildman–Crippen MR) is 83.6 cm³/mol. The highest BCUT2D eigenvalue weighted by Crippen LogP contribution is 2.37. The number of fused-ring (bicyclic) bond motifs is 3. The molecule has 0 fully saturated rings. The van der Waals surface area contributed by atoms with E-state index in [4.69, 9.17) is 15.4 Å². The van der Waals surface area contributed by atoms with Gasteiger partial charge in [-0.25, -0.2) is 4.85 Å². The summed E-state index contributed by atoms with van der Waals surface area (Å²) in [6.45, 7) is 9.17. The molecule has 0 N–H and O–H groups in total. The summed E-state index contributed by atoms with van der Waals surface area (Å²) in [7, 11) is 1.94. The van der Waals surface area contributed by atoms with Crippen LogP contribution in [0.15, 0.2) is 51.6 Å². The first-order valence-corrected chi connectivity index (χ1v) is 6.96. The summed E-state index contributed by atoms with van der Waals surface area (Å²) >= 11 is 0. The highest BCUT2D eigenvalue weighted by molar-refractivity contribution is 6.10. The molecule has 0 aliphatic heterocycles. The molecule has 0 atom stereocenters. The second kappa shape index (κ2) is 4.47. The smallest absolute Gasteiger partial charge is 0.384 e. The minimum atomic E-state index is 0.577. The van der Waals surface area contributed by atoms with E-state index in [1.807, 2.05) is 36.9 Å². The Labute approximate surface area is 127 Å². The van der Waals surface area contributed by atoms with Gasteiger partial charge in [0.05, 0.1) is 6.57 Å². The van der Waals surface area contributed by atoms with Crippen molar-refractivity contribution in [2.45, 2.75) is 6.92 Å². The predicted octanol–water partition coefficient (Wildman–Crippen LogP) is 4.53. The maximum absolute atomic E-state index is 7.14. The number of nitrogens with zero attached hydrogens (tertiary/aromatic N) is 2. The van der Waals surface area contributed by atoms with E-state index < -0.39 is 0 Å². The molecule has 0 spiro atoms. The number of furan rings is 1. The first-order chi connectivity index (χ1) is 10.7. The van der Waals surface area contributed by atoms with Crippen LogP contribution in [0.1, 0.15) is 5.56 Å². The van der Waals surface area contributed by atoms with Crippen LogP contribution >= 0.6 is 0 Å². The molecule has 0 saturated heterocycles. The fourth-order valence-electron chi connectivity index (χ4n) is 2.83. The van der Waals surface area contributed by atoms with Crippen molar-refractivity contribution >= 4 is 27.6 Å². The SMILES string of the molecule is [C-]#[N+]c1ccc2c(c1)oc1c(-c3occ[n+]3C)c(C)ccc12. The number of hydrogen-bond donors (Lipinski definition) is 0. The second-order valence-electron chi connectivity index (χ2n) is 5.35. The topological polar surface area (TPSA) is 34.5 Å². The standard InChI is InChI=1S/C18H13N2O2/c1-11-4-6-14-13-7-5-12(19-2)10-15(13)22-17(14)16(11)18-20(3)8-9-21-18/h4-10H,1,3H3/q+1. The molecule has 4 heteroatoms. The summed E-state index contributed by atoms with van der Waals surface area (Å²) in [5, 5.41) is 2.04. The van der Waals surface area contributed by atoms with Crippen LogP contribution in [0.3, 0.4) is 0 Å². The molecule has 0 aliphatic carbocycles. The van der Waals surface area contributed by atoms with Crippen LogP contribution in [0, 0.1) is 13.5 Å². The Morgan fingerprint density at radius 1 is 1.14 bits per heavy atom. The fourth-order valence-corrected chi connectivity index (χ4v) is 2.83. The molecular formula is C18H13N2O2+. The van der Waals surface area contributed by atoms with E-state index in [1.54, 1.807) is 12.3 Å². The maximum Gasteiger partial charge on any atom is 0.384 e. The van der Waals surface area contributed by atoms with Crippen molar-refractivity contribution in [2.24, 2.45) is 7.05 Å². The van der Waals surface area contributed by atoms with E-state index in [1.165, 1.54) is 0 Å².